The average molecular weight is 301 g/mol. The summed E-state index contributed by atoms with van der Waals surface area (Å²) >= 11 is 0. The highest BCUT2D eigenvalue weighted by Gasteiger charge is 2.36. The fourth-order valence-corrected chi connectivity index (χ4v) is 3.07. The summed E-state index contributed by atoms with van der Waals surface area (Å²) < 4.78 is 6.00. The van der Waals surface area contributed by atoms with Crippen molar-refractivity contribution in [2.75, 3.05) is 26.3 Å². The molecule has 0 saturated carbocycles. The molecule has 0 aliphatic carbocycles. The summed E-state index contributed by atoms with van der Waals surface area (Å²) in [6, 6.07) is 8.29. The third-order valence-corrected chi connectivity index (χ3v) is 4.32. The van der Waals surface area contributed by atoms with Gasteiger partial charge in [0.15, 0.2) is 0 Å². The molecular weight excluding hydrogens is 278 g/mol. The van der Waals surface area contributed by atoms with Crippen LogP contribution >= 0.6 is 0 Å². The van der Waals surface area contributed by atoms with Crippen molar-refractivity contribution in [1.29, 1.82) is 0 Å². The minimum atomic E-state index is -0.531. The molecule has 118 valence electrons. The predicted molar refractivity (Wildman–Crippen MR) is 84.5 cm³/mol. The molecule has 3 rings (SSSR count). The summed E-state index contributed by atoms with van der Waals surface area (Å²) in [5.74, 6) is 0.949. The molecule has 0 spiro atoms. The number of hydrogen-bond donors (Lipinski definition) is 2. The van der Waals surface area contributed by atoms with Crippen LogP contribution in [0.15, 0.2) is 36.7 Å². The zero-order chi connectivity index (χ0) is 15.4. The van der Waals surface area contributed by atoms with Gasteiger partial charge in [-0.15, -0.1) is 0 Å². The van der Waals surface area contributed by atoms with E-state index in [0.717, 1.165) is 25.3 Å². The number of nitrogens with zero attached hydrogens (tertiary/aromatic N) is 2. The number of aliphatic hydroxyl groups is 1. The summed E-state index contributed by atoms with van der Waals surface area (Å²) in [5, 5.41) is 9.96. The molecule has 1 aliphatic heterocycles. The Kier molecular flexibility index (Phi) is 4.57. The van der Waals surface area contributed by atoms with Crippen molar-refractivity contribution in [2.24, 2.45) is 0 Å². The van der Waals surface area contributed by atoms with Crippen LogP contribution in [0.5, 0.6) is 0 Å². The largest absolute Gasteiger partial charge is 0.393 e. The number of aromatic nitrogens is 2. The summed E-state index contributed by atoms with van der Waals surface area (Å²) in [6.45, 7) is 5.08. The third-order valence-electron chi connectivity index (χ3n) is 4.32. The van der Waals surface area contributed by atoms with Crippen molar-refractivity contribution in [1.82, 2.24) is 14.9 Å². The SMILES string of the molecule is Cc1ccccc1CC1(CO)CN(Cc2ncc[nH]2)CCO1. The van der Waals surface area contributed by atoms with E-state index in [9.17, 15) is 5.11 Å². The number of hydrogen-bond acceptors (Lipinski definition) is 4. The van der Waals surface area contributed by atoms with E-state index < -0.39 is 5.60 Å². The lowest BCUT2D eigenvalue weighted by molar-refractivity contribution is -0.134. The van der Waals surface area contributed by atoms with Crippen LogP contribution in [0, 0.1) is 6.92 Å². The molecule has 2 heterocycles. The monoisotopic (exact) mass is 301 g/mol. The maximum atomic E-state index is 9.96. The van der Waals surface area contributed by atoms with Crippen molar-refractivity contribution in [2.45, 2.75) is 25.5 Å². The van der Waals surface area contributed by atoms with Gasteiger partial charge in [-0.05, 0) is 18.1 Å². The van der Waals surface area contributed by atoms with Crippen molar-refractivity contribution in [3.63, 3.8) is 0 Å². The Bertz CT molecular complexity index is 600. The maximum Gasteiger partial charge on any atom is 0.120 e. The van der Waals surface area contributed by atoms with E-state index in [1.165, 1.54) is 11.1 Å². The minimum Gasteiger partial charge on any atom is -0.393 e. The van der Waals surface area contributed by atoms with E-state index in [4.69, 9.17) is 4.74 Å². The first-order chi connectivity index (χ1) is 10.7. The number of morpholine rings is 1. The van der Waals surface area contributed by atoms with Gasteiger partial charge >= 0.3 is 0 Å². The molecule has 0 bridgehead atoms. The topological polar surface area (TPSA) is 61.4 Å². The number of aromatic amines is 1. The first-order valence-corrected chi connectivity index (χ1v) is 7.71. The fourth-order valence-electron chi connectivity index (χ4n) is 3.07. The van der Waals surface area contributed by atoms with E-state index in [1.807, 2.05) is 18.3 Å². The van der Waals surface area contributed by atoms with Gasteiger partial charge in [0.25, 0.3) is 0 Å². The van der Waals surface area contributed by atoms with Gasteiger partial charge < -0.3 is 14.8 Å². The van der Waals surface area contributed by atoms with E-state index >= 15 is 0 Å². The van der Waals surface area contributed by atoms with Crippen molar-refractivity contribution < 1.29 is 9.84 Å². The number of aliphatic hydroxyl groups excluding tert-OH is 1. The van der Waals surface area contributed by atoms with Gasteiger partial charge in [0.05, 0.1) is 19.8 Å². The number of benzene rings is 1. The van der Waals surface area contributed by atoms with Crippen LogP contribution in [-0.4, -0.2) is 51.9 Å². The zero-order valence-corrected chi connectivity index (χ0v) is 13.0. The lowest BCUT2D eigenvalue weighted by atomic mass is 9.91. The molecule has 0 amide bonds. The van der Waals surface area contributed by atoms with Crippen LogP contribution in [-0.2, 0) is 17.7 Å². The normalized spacial score (nSPS) is 22.8. The molecular formula is C17H23N3O2. The average Bonchev–Trinajstić information content (AvgIpc) is 3.03. The Hall–Kier alpha value is -1.69. The van der Waals surface area contributed by atoms with Crippen LogP contribution in [0.3, 0.4) is 0 Å². The van der Waals surface area contributed by atoms with E-state index in [1.54, 1.807) is 6.20 Å². The van der Waals surface area contributed by atoms with Crippen molar-refractivity contribution in [3.8, 4) is 0 Å². The van der Waals surface area contributed by atoms with Gasteiger partial charge in [-0.2, -0.15) is 0 Å². The van der Waals surface area contributed by atoms with Gasteiger partial charge in [0, 0.05) is 31.9 Å². The third kappa shape index (κ3) is 3.38. The Morgan fingerprint density at radius 3 is 3.00 bits per heavy atom. The van der Waals surface area contributed by atoms with Gasteiger partial charge in [0.2, 0.25) is 0 Å². The Morgan fingerprint density at radius 1 is 1.41 bits per heavy atom. The highest BCUT2D eigenvalue weighted by molar-refractivity contribution is 5.27. The van der Waals surface area contributed by atoms with Crippen LogP contribution in [0.2, 0.25) is 0 Å². The molecule has 5 heteroatoms. The number of aryl methyl sites for hydroxylation is 1. The van der Waals surface area contributed by atoms with Crippen LogP contribution in [0.4, 0.5) is 0 Å². The molecule has 1 unspecified atom stereocenters. The second-order valence-electron chi connectivity index (χ2n) is 6.04. The molecule has 0 radical (unpaired) electrons. The summed E-state index contributed by atoms with van der Waals surface area (Å²) in [5.41, 5.74) is 1.94. The highest BCUT2D eigenvalue weighted by atomic mass is 16.5. The predicted octanol–water partition coefficient (Wildman–Crippen LogP) is 1.52. The molecule has 1 atom stereocenters. The molecule has 5 nitrogen and oxygen atoms in total. The molecule has 1 aliphatic rings. The van der Waals surface area contributed by atoms with Gasteiger partial charge in [0.1, 0.15) is 11.4 Å². The minimum absolute atomic E-state index is 0.0238. The molecule has 2 N–H and O–H groups in total. The van der Waals surface area contributed by atoms with E-state index in [-0.39, 0.29) is 6.61 Å². The molecule has 1 saturated heterocycles. The van der Waals surface area contributed by atoms with Crippen LogP contribution in [0.1, 0.15) is 17.0 Å². The lowest BCUT2D eigenvalue weighted by Crippen LogP contribution is -2.55. The second kappa shape index (κ2) is 6.60. The number of H-pyrrole nitrogens is 1. The number of nitrogens with one attached hydrogen (secondary N) is 1. The molecule has 1 aromatic heterocycles. The highest BCUT2D eigenvalue weighted by Crippen LogP contribution is 2.25. The molecule has 1 fully saturated rings. The Morgan fingerprint density at radius 2 is 2.27 bits per heavy atom. The van der Waals surface area contributed by atoms with Gasteiger partial charge in [-0.1, -0.05) is 24.3 Å². The van der Waals surface area contributed by atoms with Crippen LogP contribution < -0.4 is 0 Å². The first-order valence-electron chi connectivity index (χ1n) is 7.71. The van der Waals surface area contributed by atoms with Gasteiger partial charge in [-0.25, -0.2) is 4.98 Å². The summed E-state index contributed by atoms with van der Waals surface area (Å²) in [4.78, 5) is 9.70. The number of imidazole rings is 1. The number of rotatable bonds is 5. The van der Waals surface area contributed by atoms with Crippen molar-refractivity contribution >= 4 is 0 Å². The van der Waals surface area contributed by atoms with Crippen molar-refractivity contribution in [3.05, 3.63) is 53.6 Å². The van der Waals surface area contributed by atoms with E-state index in [0.29, 0.717) is 13.2 Å². The maximum absolute atomic E-state index is 9.96. The zero-order valence-electron chi connectivity index (χ0n) is 13.0. The van der Waals surface area contributed by atoms with Gasteiger partial charge in [-0.3, -0.25) is 4.90 Å². The van der Waals surface area contributed by atoms with E-state index in [2.05, 4.69) is 33.9 Å². The Labute approximate surface area is 130 Å². The quantitative estimate of drug-likeness (QED) is 0.879. The molecule has 2 aromatic rings. The fraction of sp³-hybridized carbons (Fsp3) is 0.471. The molecule has 1 aromatic carbocycles. The second-order valence-corrected chi connectivity index (χ2v) is 6.04. The lowest BCUT2D eigenvalue weighted by Gasteiger charge is -2.42. The standard InChI is InChI=1S/C17H23N3O2/c1-14-4-2-3-5-15(14)10-17(13-21)12-20(8-9-22-17)11-16-18-6-7-19-16/h2-7,21H,8-13H2,1H3,(H,18,19). The summed E-state index contributed by atoms with van der Waals surface area (Å²) in [6.07, 6.45) is 4.33. The van der Waals surface area contributed by atoms with Crippen LogP contribution in [0.25, 0.3) is 0 Å². The Balaban J connectivity index is 1.72. The first kappa shape index (κ1) is 15.2. The smallest absolute Gasteiger partial charge is 0.120 e. The number of ether oxygens (including phenoxy) is 1. The molecule has 22 heavy (non-hydrogen) atoms. The summed E-state index contributed by atoms with van der Waals surface area (Å²) in [7, 11) is 0.